The number of amides is 1. The molecule has 8 heteroatoms. The van der Waals surface area contributed by atoms with Crippen LogP contribution in [0.3, 0.4) is 0 Å². The average Bonchev–Trinajstić information content (AvgIpc) is 2.79. The van der Waals surface area contributed by atoms with Gasteiger partial charge in [-0.25, -0.2) is 15.0 Å². The minimum atomic E-state index is -0.664. The zero-order valence-electron chi connectivity index (χ0n) is 17.4. The Kier molecular flexibility index (Phi) is 5.21. The molecule has 4 rings (SSSR count). The van der Waals surface area contributed by atoms with Gasteiger partial charge in [-0.1, -0.05) is 12.1 Å². The Morgan fingerprint density at radius 2 is 1.77 bits per heavy atom. The number of carbonyl (C=O) groups is 1. The lowest BCUT2D eigenvalue weighted by molar-refractivity contribution is -0.125. The molecule has 8 nitrogen and oxygen atoms in total. The van der Waals surface area contributed by atoms with Crippen LogP contribution in [0.25, 0.3) is 22.0 Å². The summed E-state index contributed by atoms with van der Waals surface area (Å²) in [6, 6.07) is 11.2. The third-order valence-corrected chi connectivity index (χ3v) is 5.27. The van der Waals surface area contributed by atoms with Gasteiger partial charge in [-0.2, -0.15) is 0 Å². The first-order chi connectivity index (χ1) is 14.9. The Balaban J connectivity index is 1.76. The summed E-state index contributed by atoms with van der Waals surface area (Å²) < 4.78 is 0. The maximum atomic E-state index is 12.5. The van der Waals surface area contributed by atoms with E-state index in [4.69, 9.17) is 0 Å². The summed E-state index contributed by atoms with van der Waals surface area (Å²) in [5.74, 6) is 0.363. The molecule has 3 aromatic heterocycles. The molecule has 0 bridgehead atoms. The number of likely N-dealkylation sites (N-methyl/N-ethyl adjacent to an activating group) is 1. The fourth-order valence-corrected chi connectivity index (χ4v) is 3.43. The highest BCUT2D eigenvalue weighted by atomic mass is 16.2. The van der Waals surface area contributed by atoms with Gasteiger partial charge in [0, 0.05) is 36.9 Å². The second-order valence-corrected chi connectivity index (χ2v) is 7.66. The number of hydrogen-bond acceptors (Lipinski definition) is 6. The quantitative estimate of drug-likeness (QED) is 0.462. The maximum absolute atomic E-state index is 12.5. The predicted molar refractivity (Wildman–Crippen MR) is 120 cm³/mol. The van der Waals surface area contributed by atoms with Crippen LogP contribution in [-0.4, -0.2) is 32.9 Å². The first-order valence-electron chi connectivity index (χ1n) is 9.78. The van der Waals surface area contributed by atoms with Gasteiger partial charge >= 0.3 is 0 Å². The van der Waals surface area contributed by atoms with Gasteiger partial charge in [0.25, 0.3) is 5.56 Å². The summed E-state index contributed by atoms with van der Waals surface area (Å²) >= 11 is 0. The Morgan fingerprint density at radius 3 is 2.45 bits per heavy atom. The van der Waals surface area contributed by atoms with Crippen molar-refractivity contribution >= 4 is 28.2 Å². The van der Waals surface area contributed by atoms with Crippen LogP contribution in [-0.2, 0) is 10.2 Å². The van der Waals surface area contributed by atoms with E-state index in [-0.39, 0.29) is 11.5 Å². The van der Waals surface area contributed by atoms with Gasteiger partial charge in [0.1, 0.15) is 12.1 Å². The topological polar surface area (TPSA) is 113 Å². The number of nitrogens with one attached hydrogen (secondary N) is 3. The van der Waals surface area contributed by atoms with Crippen LogP contribution in [0, 0.1) is 0 Å². The van der Waals surface area contributed by atoms with Gasteiger partial charge < -0.3 is 15.6 Å². The van der Waals surface area contributed by atoms with Crippen LogP contribution in [0.5, 0.6) is 0 Å². The molecular weight excluding hydrogens is 392 g/mol. The smallest absolute Gasteiger partial charge is 0.259 e. The standard InChI is InChI=1S/C23H22N6O2/c1-23(2,22(31)24-3)16-4-6-17(7-5-16)28-20-19-14(8-9-27-21(19)30)10-18(29-20)15-11-25-13-26-12-15/h4-13H,1-3H3,(H,24,31)(H,27,30)(H,28,29). The molecule has 0 aliphatic heterocycles. The Hall–Kier alpha value is -4.07. The molecule has 0 saturated carbocycles. The van der Waals surface area contributed by atoms with Crippen LogP contribution < -0.4 is 16.2 Å². The second kappa shape index (κ2) is 7.98. The molecule has 0 spiro atoms. The number of nitrogens with zero attached hydrogens (tertiary/aromatic N) is 3. The zero-order valence-corrected chi connectivity index (χ0v) is 17.4. The number of pyridine rings is 2. The van der Waals surface area contributed by atoms with E-state index >= 15 is 0 Å². The molecule has 0 unspecified atom stereocenters. The van der Waals surface area contributed by atoms with Crippen LogP contribution >= 0.6 is 0 Å². The summed E-state index contributed by atoms with van der Waals surface area (Å²) in [6.45, 7) is 3.74. The molecule has 3 N–H and O–H groups in total. The van der Waals surface area contributed by atoms with Crippen molar-refractivity contribution in [3.8, 4) is 11.3 Å². The van der Waals surface area contributed by atoms with Crippen molar-refractivity contribution in [2.45, 2.75) is 19.3 Å². The van der Waals surface area contributed by atoms with Gasteiger partial charge in [-0.15, -0.1) is 0 Å². The monoisotopic (exact) mass is 414 g/mol. The first kappa shape index (κ1) is 20.2. The molecule has 0 radical (unpaired) electrons. The van der Waals surface area contributed by atoms with Gasteiger partial charge in [0.2, 0.25) is 5.91 Å². The highest BCUT2D eigenvalue weighted by molar-refractivity contribution is 5.95. The molecule has 0 aliphatic carbocycles. The third kappa shape index (κ3) is 3.87. The number of fused-ring (bicyclic) bond motifs is 1. The van der Waals surface area contributed by atoms with Crippen LogP contribution in [0.4, 0.5) is 11.5 Å². The number of aromatic nitrogens is 4. The lowest BCUT2D eigenvalue weighted by Gasteiger charge is -2.23. The largest absolute Gasteiger partial charge is 0.358 e. The van der Waals surface area contributed by atoms with Crippen molar-refractivity contribution in [3.05, 3.63) is 77.2 Å². The molecule has 0 aliphatic rings. The molecule has 0 atom stereocenters. The molecule has 31 heavy (non-hydrogen) atoms. The van der Waals surface area contributed by atoms with Crippen LogP contribution in [0.2, 0.25) is 0 Å². The van der Waals surface area contributed by atoms with Crippen molar-refractivity contribution in [2.75, 3.05) is 12.4 Å². The summed E-state index contributed by atoms with van der Waals surface area (Å²) in [7, 11) is 1.62. The number of rotatable bonds is 5. The van der Waals surface area contributed by atoms with E-state index in [0.717, 1.165) is 22.2 Å². The predicted octanol–water partition coefficient (Wildman–Crippen LogP) is 3.15. The molecule has 156 valence electrons. The van der Waals surface area contributed by atoms with E-state index in [1.807, 2.05) is 50.2 Å². The minimum absolute atomic E-state index is 0.0646. The van der Waals surface area contributed by atoms with Gasteiger partial charge in [-0.3, -0.25) is 9.59 Å². The van der Waals surface area contributed by atoms with Crippen molar-refractivity contribution < 1.29 is 4.79 Å². The third-order valence-electron chi connectivity index (χ3n) is 5.27. The fraction of sp³-hybridized carbons (Fsp3) is 0.174. The van der Waals surface area contributed by atoms with Crippen LogP contribution in [0.15, 0.2) is 66.1 Å². The van der Waals surface area contributed by atoms with Crippen molar-refractivity contribution in [2.24, 2.45) is 0 Å². The fourth-order valence-electron chi connectivity index (χ4n) is 3.43. The van der Waals surface area contributed by atoms with E-state index in [9.17, 15) is 9.59 Å². The van der Waals surface area contributed by atoms with Crippen molar-refractivity contribution in [3.63, 3.8) is 0 Å². The Bertz CT molecular complexity index is 1300. The number of anilines is 2. The molecule has 3 heterocycles. The maximum Gasteiger partial charge on any atom is 0.259 e. The zero-order chi connectivity index (χ0) is 22.0. The van der Waals surface area contributed by atoms with Gasteiger partial charge in [-0.05, 0) is 49.1 Å². The van der Waals surface area contributed by atoms with E-state index in [2.05, 4.69) is 30.6 Å². The van der Waals surface area contributed by atoms with E-state index in [0.29, 0.717) is 16.9 Å². The summed E-state index contributed by atoms with van der Waals surface area (Å²) in [6.07, 6.45) is 6.41. The van der Waals surface area contributed by atoms with Gasteiger partial charge in [0.05, 0.1) is 16.5 Å². The number of H-pyrrole nitrogens is 1. The van der Waals surface area contributed by atoms with E-state index in [1.165, 1.54) is 6.33 Å². The van der Waals surface area contributed by atoms with E-state index in [1.54, 1.807) is 25.6 Å². The summed E-state index contributed by atoms with van der Waals surface area (Å²) in [5, 5.41) is 7.14. The van der Waals surface area contributed by atoms with Crippen molar-refractivity contribution in [1.29, 1.82) is 0 Å². The van der Waals surface area contributed by atoms with Gasteiger partial charge in [0.15, 0.2) is 0 Å². The average molecular weight is 414 g/mol. The lowest BCUT2D eigenvalue weighted by atomic mass is 9.83. The second-order valence-electron chi connectivity index (χ2n) is 7.66. The molecule has 0 fully saturated rings. The molecular formula is C23H22N6O2. The minimum Gasteiger partial charge on any atom is -0.358 e. The number of aromatic amines is 1. The molecule has 1 amide bonds. The number of hydrogen-bond donors (Lipinski definition) is 3. The van der Waals surface area contributed by atoms with Crippen molar-refractivity contribution in [1.82, 2.24) is 25.3 Å². The molecule has 4 aromatic rings. The number of carbonyl (C=O) groups excluding carboxylic acids is 1. The van der Waals surface area contributed by atoms with Crippen LogP contribution in [0.1, 0.15) is 19.4 Å². The first-order valence-corrected chi connectivity index (χ1v) is 9.78. The summed E-state index contributed by atoms with van der Waals surface area (Å²) in [5.41, 5.74) is 2.12. The SMILES string of the molecule is CNC(=O)C(C)(C)c1ccc(Nc2nc(-c3cncnc3)cc3cc[nH]c(=O)c23)cc1. The summed E-state index contributed by atoms with van der Waals surface area (Å²) in [4.78, 5) is 40.2. The highest BCUT2D eigenvalue weighted by Crippen LogP contribution is 2.29. The Labute approximate surface area is 178 Å². The molecule has 0 saturated heterocycles. The normalized spacial score (nSPS) is 11.3. The Morgan fingerprint density at radius 1 is 1.06 bits per heavy atom. The lowest BCUT2D eigenvalue weighted by Crippen LogP contribution is -2.37. The van der Waals surface area contributed by atoms with E-state index < -0.39 is 5.41 Å². The molecule has 1 aromatic carbocycles. The number of benzene rings is 1. The highest BCUT2D eigenvalue weighted by Gasteiger charge is 2.28.